The summed E-state index contributed by atoms with van der Waals surface area (Å²) >= 11 is 0. The molecule has 13 heavy (non-hydrogen) atoms. The van der Waals surface area contributed by atoms with Crippen molar-refractivity contribution >= 4 is 11.5 Å². The van der Waals surface area contributed by atoms with Gasteiger partial charge in [-0.05, 0) is 25.5 Å². The average Bonchev–Trinajstić information content (AvgIpc) is 2.13. The van der Waals surface area contributed by atoms with Crippen molar-refractivity contribution in [3.8, 4) is 0 Å². The van der Waals surface area contributed by atoms with E-state index in [1.54, 1.807) is 6.07 Å². The van der Waals surface area contributed by atoms with Crippen molar-refractivity contribution in [2.45, 2.75) is 27.7 Å². The molecule has 0 spiro atoms. The second kappa shape index (κ2) is 5.36. The van der Waals surface area contributed by atoms with Crippen LogP contribution in [0.5, 0.6) is 0 Å². The van der Waals surface area contributed by atoms with Crippen molar-refractivity contribution in [2.75, 3.05) is 5.73 Å². The summed E-state index contributed by atoms with van der Waals surface area (Å²) in [6, 6.07) is 5.47. The van der Waals surface area contributed by atoms with E-state index in [9.17, 15) is 4.79 Å². The molecular weight excluding hydrogens is 162 g/mol. The van der Waals surface area contributed by atoms with Crippen molar-refractivity contribution in [2.24, 2.45) is 0 Å². The van der Waals surface area contributed by atoms with Crippen LogP contribution in [0.2, 0.25) is 0 Å². The first-order valence-electron chi connectivity index (χ1n) is 4.49. The van der Waals surface area contributed by atoms with Crippen LogP contribution in [0.1, 0.15) is 36.7 Å². The number of ketones is 1. The summed E-state index contributed by atoms with van der Waals surface area (Å²) in [5, 5.41) is 0. The Morgan fingerprint density at radius 3 is 2.23 bits per heavy atom. The number of nitrogen functional groups attached to an aromatic ring is 1. The number of carbonyl (C=O) groups excluding carboxylic acids is 1. The van der Waals surface area contributed by atoms with Gasteiger partial charge in [-0.15, -0.1) is 0 Å². The molecule has 0 saturated heterocycles. The molecule has 0 unspecified atom stereocenters. The maximum Gasteiger partial charge on any atom is 0.161 e. The Balaban J connectivity index is 0.000000671. The number of para-hydroxylation sites is 1. The Morgan fingerprint density at radius 1 is 1.31 bits per heavy atom. The predicted molar refractivity (Wildman–Crippen MR) is 56.9 cm³/mol. The van der Waals surface area contributed by atoms with Crippen LogP contribution in [-0.4, -0.2) is 5.78 Å². The summed E-state index contributed by atoms with van der Waals surface area (Å²) in [5.74, 6) is 0.0196. The van der Waals surface area contributed by atoms with Gasteiger partial charge in [0.15, 0.2) is 5.78 Å². The molecule has 0 aliphatic rings. The molecule has 1 aromatic rings. The molecule has 0 radical (unpaired) electrons. The largest absolute Gasteiger partial charge is 0.398 e. The standard InChI is InChI=1S/C9H11NO.C2H6/c1-6-4-3-5-8(7(2)11)9(6)10;1-2/h3-5H,10H2,1-2H3;1-2H3. The lowest BCUT2D eigenvalue weighted by atomic mass is 10.1. The predicted octanol–water partition coefficient (Wildman–Crippen LogP) is 2.81. The highest BCUT2D eigenvalue weighted by Crippen LogP contribution is 2.16. The van der Waals surface area contributed by atoms with Crippen molar-refractivity contribution in [3.05, 3.63) is 29.3 Å². The van der Waals surface area contributed by atoms with E-state index in [0.29, 0.717) is 11.3 Å². The summed E-state index contributed by atoms with van der Waals surface area (Å²) < 4.78 is 0. The molecule has 2 nitrogen and oxygen atoms in total. The SMILES string of the molecule is CC.CC(=O)c1cccc(C)c1N. The Labute approximate surface area is 79.8 Å². The van der Waals surface area contributed by atoms with Crippen molar-refractivity contribution in [3.63, 3.8) is 0 Å². The molecule has 1 rings (SSSR count). The van der Waals surface area contributed by atoms with Gasteiger partial charge in [0.1, 0.15) is 0 Å². The summed E-state index contributed by atoms with van der Waals surface area (Å²) in [5.41, 5.74) is 7.83. The minimum atomic E-state index is 0.0196. The van der Waals surface area contributed by atoms with Gasteiger partial charge in [-0.2, -0.15) is 0 Å². The molecule has 0 aliphatic heterocycles. The smallest absolute Gasteiger partial charge is 0.161 e. The Kier molecular flexibility index (Phi) is 4.82. The zero-order chi connectivity index (χ0) is 10.4. The maximum atomic E-state index is 10.9. The van der Waals surface area contributed by atoms with Crippen LogP contribution < -0.4 is 5.73 Å². The molecule has 0 aliphatic carbocycles. The van der Waals surface area contributed by atoms with E-state index >= 15 is 0 Å². The van der Waals surface area contributed by atoms with E-state index in [1.165, 1.54) is 6.92 Å². The summed E-state index contributed by atoms with van der Waals surface area (Å²) in [6.45, 7) is 7.41. The van der Waals surface area contributed by atoms with Crippen LogP contribution in [0.3, 0.4) is 0 Å². The van der Waals surface area contributed by atoms with Gasteiger partial charge in [-0.3, -0.25) is 4.79 Å². The number of rotatable bonds is 1. The molecule has 0 atom stereocenters. The topological polar surface area (TPSA) is 43.1 Å². The number of aryl methyl sites for hydroxylation is 1. The molecule has 0 bridgehead atoms. The van der Waals surface area contributed by atoms with E-state index in [0.717, 1.165) is 5.56 Å². The van der Waals surface area contributed by atoms with Gasteiger partial charge in [-0.1, -0.05) is 26.0 Å². The number of hydrogen-bond donors (Lipinski definition) is 1. The minimum Gasteiger partial charge on any atom is -0.398 e. The number of carbonyl (C=O) groups is 1. The van der Waals surface area contributed by atoms with Crippen molar-refractivity contribution in [1.82, 2.24) is 0 Å². The third kappa shape index (κ3) is 2.90. The van der Waals surface area contributed by atoms with Gasteiger partial charge in [0.2, 0.25) is 0 Å². The molecule has 0 fully saturated rings. The molecule has 0 heterocycles. The Morgan fingerprint density at radius 2 is 1.85 bits per heavy atom. The fraction of sp³-hybridized carbons (Fsp3) is 0.364. The Bertz CT molecular complexity index is 292. The Hall–Kier alpha value is -1.31. The quantitative estimate of drug-likeness (QED) is 0.532. The van der Waals surface area contributed by atoms with Gasteiger partial charge < -0.3 is 5.73 Å². The van der Waals surface area contributed by atoms with Crippen LogP contribution in [0.4, 0.5) is 5.69 Å². The lowest BCUT2D eigenvalue weighted by Gasteiger charge is -2.03. The van der Waals surface area contributed by atoms with Crippen LogP contribution in [0.25, 0.3) is 0 Å². The van der Waals surface area contributed by atoms with Gasteiger partial charge >= 0.3 is 0 Å². The first-order valence-corrected chi connectivity index (χ1v) is 4.49. The van der Waals surface area contributed by atoms with E-state index in [2.05, 4.69) is 0 Å². The molecule has 0 aromatic heterocycles. The first-order chi connectivity index (χ1) is 6.13. The second-order valence-electron chi connectivity index (χ2n) is 2.59. The van der Waals surface area contributed by atoms with E-state index in [-0.39, 0.29) is 5.78 Å². The van der Waals surface area contributed by atoms with Crippen molar-refractivity contribution in [1.29, 1.82) is 0 Å². The van der Waals surface area contributed by atoms with Crippen LogP contribution in [0.15, 0.2) is 18.2 Å². The van der Waals surface area contributed by atoms with Gasteiger partial charge in [-0.25, -0.2) is 0 Å². The number of Topliss-reactive ketones (excluding diaryl/α,β-unsaturated/α-hetero) is 1. The van der Waals surface area contributed by atoms with E-state index in [1.807, 2.05) is 32.9 Å². The fourth-order valence-corrected chi connectivity index (χ4v) is 0.988. The minimum absolute atomic E-state index is 0.0196. The normalized spacial score (nSPS) is 8.62. The fourth-order valence-electron chi connectivity index (χ4n) is 0.988. The average molecular weight is 179 g/mol. The van der Waals surface area contributed by atoms with E-state index < -0.39 is 0 Å². The van der Waals surface area contributed by atoms with Gasteiger partial charge in [0, 0.05) is 11.3 Å². The highest BCUT2D eigenvalue weighted by atomic mass is 16.1. The zero-order valence-electron chi connectivity index (χ0n) is 8.72. The molecular formula is C11H17NO. The number of anilines is 1. The van der Waals surface area contributed by atoms with Gasteiger partial charge in [0.05, 0.1) is 0 Å². The molecule has 2 heteroatoms. The molecule has 1 aromatic carbocycles. The van der Waals surface area contributed by atoms with Gasteiger partial charge in [0.25, 0.3) is 0 Å². The molecule has 0 amide bonds. The zero-order valence-corrected chi connectivity index (χ0v) is 8.72. The highest BCUT2D eigenvalue weighted by Gasteiger charge is 2.04. The molecule has 72 valence electrons. The summed E-state index contributed by atoms with van der Waals surface area (Å²) in [6.07, 6.45) is 0. The third-order valence-corrected chi connectivity index (χ3v) is 1.70. The maximum absolute atomic E-state index is 10.9. The lowest BCUT2D eigenvalue weighted by Crippen LogP contribution is -2.00. The molecule has 0 saturated carbocycles. The number of nitrogens with two attached hydrogens (primary N) is 1. The first kappa shape index (κ1) is 11.7. The van der Waals surface area contributed by atoms with Crippen LogP contribution in [-0.2, 0) is 0 Å². The summed E-state index contributed by atoms with van der Waals surface area (Å²) in [4.78, 5) is 10.9. The second-order valence-corrected chi connectivity index (χ2v) is 2.59. The van der Waals surface area contributed by atoms with Crippen molar-refractivity contribution < 1.29 is 4.79 Å². The monoisotopic (exact) mass is 179 g/mol. The van der Waals surface area contributed by atoms with E-state index in [4.69, 9.17) is 5.73 Å². The lowest BCUT2D eigenvalue weighted by molar-refractivity contribution is 0.101. The molecule has 2 N–H and O–H groups in total. The number of benzene rings is 1. The van der Waals surface area contributed by atoms with Crippen LogP contribution in [0, 0.1) is 6.92 Å². The third-order valence-electron chi connectivity index (χ3n) is 1.70. The van der Waals surface area contributed by atoms with Crippen LogP contribution >= 0.6 is 0 Å². The summed E-state index contributed by atoms with van der Waals surface area (Å²) in [7, 11) is 0. The highest BCUT2D eigenvalue weighted by molar-refractivity contribution is 5.99. The number of hydrogen-bond acceptors (Lipinski definition) is 2.